The molecule has 1 N–H and O–H groups in total. The highest BCUT2D eigenvalue weighted by atomic mass is 19.2. The number of rotatable bonds is 2. The molecule has 20 heavy (non-hydrogen) atoms. The van der Waals surface area contributed by atoms with E-state index in [2.05, 4.69) is 5.10 Å². The number of carbonyl (C=O) groups excluding carboxylic acids is 2. The lowest BCUT2D eigenvalue weighted by atomic mass is 10.2. The third-order valence-electron chi connectivity index (χ3n) is 2.34. The Morgan fingerprint density at radius 3 is 1.90 bits per heavy atom. The monoisotopic (exact) mass is 293 g/mol. The highest BCUT2D eigenvalue weighted by Gasteiger charge is 2.28. The Morgan fingerprint density at radius 2 is 1.45 bits per heavy atom. The van der Waals surface area contributed by atoms with Gasteiger partial charge >= 0.3 is 6.03 Å². The van der Waals surface area contributed by atoms with E-state index in [0.29, 0.717) is 5.01 Å². The van der Waals surface area contributed by atoms with Crippen molar-refractivity contribution in [2.24, 2.45) is 5.10 Å². The summed E-state index contributed by atoms with van der Waals surface area (Å²) in [7, 11) is 0. The van der Waals surface area contributed by atoms with Crippen molar-refractivity contribution in [2.75, 3.05) is 6.54 Å². The second-order valence-electron chi connectivity index (χ2n) is 3.64. The maximum atomic E-state index is 13.3. The minimum absolute atomic E-state index is 0.272. The number of benzene rings is 1. The number of halogens is 5. The molecule has 10 heteroatoms. The summed E-state index contributed by atoms with van der Waals surface area (Å²) in [5.41, 5.74) is -1.31. The fourth-order valence-electron chi connectivity index (χ4n) is 1.39. The molecule has 1 aliphatic heterocycles. The van der Waals surface area contributed by atoms with Crippen molar-refractivity contribution in [3.05, 3.63) is 34.6 Å². The number of imide groups is 1. The van der Waals surface area contributed by atoms with Crippen LogP contribution in [0, 0.1) is 29.1 Å². The number of carbonyl (C=O) groups is 2. The summed E-state index contributed by atoms with van der Waals surface area (Å²) in [5.74, 6) is -11.5. The summed E-state index contributed by atoms with van der Waals surface area (Å²) in [5, 5.41) is 5.47. The van der Waals surface area contributed by atoms with Crippen LogP contribution in [-0.4, -0.2) is 29.7 Å². The van der Waals surface area contributed by atoms with E-state index in [1.54, 1.807) is 5.32 Å². The van der Waals surface area contributed by atoms with Crippen LogP contribution in [-0.2, 0) is 4.79 Å². The molecular weight excluding hydrogens is 289 g/mol. The smallest absolute Gasteiger partial charge is 0.275 e. The van der Waals surface area contributed by atoms with Crippen LogP contribution in [0.2, 0.25) is 0 Å². The average Bonchev–Trinajstić information content (AvgIpc) is 2.72. The first-order chi connectivity index (χ1) is 9.32. The molecule has 1 aliphatic rings. The van der Waals surface area contributed by atoms with Gasteiger partial charge in [-0.05, 0) is 0 Å². The molecule has 0 bridgehead atoms. The van der Waals surface area contributed by atoms with E-state index in [0.717, 1.165) is 0 Å². The van der Waals surface area contributed by atoms with Gasteiger partial charge in [0.1, 0.15) is 6.54 Å². The van der Waals surface area contributed by atoms with Crippen LogP contribution in [0.1, 0.15) is 5.56 Å². The Morgan fingerprint density at radius 1 is 0.950 bits per heavy atom. The molecule has 0 unspecified atom stereocenters. The summed E-state index contributed by atoms with van der Waals surface area (Å²) in [6.07, 6.45) is 0.272. The second kappa shape index (κ2) is 4.87. The van der Waals surface area contributed by atoms with E-state index in [9.17, 15) is 31.5 Å². The second-order valence-corrected chi connectivity index (χ2v) is 3.64. The summed E-state index contributed by atoms with van der Waals surface area (Å²) in [6, 6.07) is -0.977. The molecule has 0 spiro atoms. The third-order valence-corrected chi connectivity index (χ3v) is 2.34. The first-order valence-corrected chi connectivity index (χ1v) is 4.99. The largest absolute Gasteiger partial charge is 0.344 e. The molecule has 0 saturated carbocycles. The Balaban J connectivity index is 2.40. The zero-order valence-corrected chi connectivity index (χ0v) is 9.39. The van der Waals surface area contributed by atoms with Gasteiger partial charge in [-0.3, -0.25) is 10.1 Å². The van der Waals surface area contributed by atoms with Gasteiger partial charge in [0.25, 0.3) is 0 Å². The summed E-state index contributed by atoms with van der Waals surface area (Å²) in [4.78, 5) is 21.8. The quantitative estimate of drug-likeness (QED) is 0.293. The minimum Gasteiger partial charge on any atom is -0.275 e. The summed E-state index contributed by atoms with van der Waals surface area (Å²) < 4.78 is 65.0. The molecule has 1 fully saturated rings. The molecule has 106 valence electrons. The normalized spacial score (nSPS) is 15.3. The number of nitrogens with one attached hydrogen (secondary N) is 1. The summed E-state index contributed by atoms with van der Waals surface area (Å²) >= 11 is 0. The van der Waals surface area contributed by atoms with Crippen molar-refractivity contribution in [1.82, 2.24) is 10.3 Å². The predicted octanol–water partition coefficient (Wildman–Crippen LogP) is 1.27. The van der Waals surface area contributed by atoms with Crippen molar-refractivity contribution < 1.29 is 31.5 Å². The van der Waals surface area contributed by atoms with Gasteiger partial charge in [-0.1, -0.05) is 0 Å². The van der Waals surface area contributed by atoms with Gasteiger partial charge < -0.3 is 0 Å². The standard InChI is InChI=1S/C10H4F5N3O2/c11-5-3(6(12)8(14)9(15)7(5)13)1-16-18-2-4(19)17-10(18)20/h1H,2H2,(H,17,19,20). The van der Waals surface area contributed by atoms with Crippen LogP contribution in [0.5, 0.6) is 0 Å². The Kier molecular flexibility index (Phi) is 3.38. The number of hydrazone groups is 1. The van der Waals surface area contributed by atoms with Crippen molar-refractivity contribution >= 4 is 18.2 Å². The van der Waals surface area contributed by atoms with Crippen molar-refractivity contribution in [3.8, 4) is 0 Å². The van der Waals surface area contributed by atoms with Crippen LogP contribution >= 0.6 is 0 Å². The van der Waals surface area contributed by atoms with Crippen LogP contribution in [0.4, 0.5) is 26.7 Å². The first-order valence-electron chi connectivity index (χ1n) is 4.99. The van der Waals surface area contributed by atoms with E-state index in [-0.39, 0.29) is 6.21 Å². The third kappa shape index (κ3) is 2.19. The molecule has 1 aromatic carbocycles. The van der Waals surface area contributed by atoms with Crippen molar-refractivity contribution in [3.63, 3.8) is 0 Å². The van der Waals surface area contributed by atoms with Gasteiger partial charge in [0.05, 0.1) is 11.8 Å². The number of hydrogen-bond donors (Lipinski definition) is 1. The molecular formula is C10H4F5N3O2. The fourth-order valence-corrected chi connectivity index (χ4v) is 1.39. The van der Waals surface area contributed by atoms with Gasteiger partial charge in [0.15, 0.2) is 23.3 Å². The molecule has 1 saturated heterocycles. The zero-order valence-electron chi connectivity index (χ0n) is 9.39. The van der Waals surface area contributed by atoms with Crippen molar-refractivity contribution in [2.45, 2.75) is 0 Å². The van der Waals surface area contributed by atoms with Gasteiger partial charge in [0.2, 0.25) is 11.7 Å². The van der Waals surface area contributed by atoms with Gasteiger partial charge in [-0.15, -0.1) is 0 Å². The minimum atomic E-state index is -2.30. The fraction of sp³-hybridized carbons (Fsp3) is 0.100. The van der Waals surface area contributed by atoms with E-state index < -0.39 is 53.1 Å². The number of hydrogen-bond acceptors (Lipinski definition) is 3. The van der Waals surface area contributed by atoms with Gasteiger partial charge in [0, 0.05) is 0 Å². The lowest BCUT2D eigenvalue weighted by molar-refractivity contribution is -0.118. The summed E-state index contributed by atoms with van der Waals surface area (Å²) in [6.45, 7) is -0.523. The first kappa shape index (κ1) is 13.9. The average molecular weight is 293 g/mol. The maximum absolute atomic E-state index is 13.3. The predicted molar refractivity (Wildman–Crippen MR) is 54.1 cm³/mol. The number of nitrogens with zero attached hydrogens (tertiary/aromatic N) is 2. The maximum Gasteiger partial charge on any atom is 0.344 e. The Bertz CT molecular complexity index is 617. The van der Waals surface area contributed by atoms with E-state index in [4.69, 9.17) is 0 Å². The zero-order chi connectivity index (χ0) is 15.0. The molecule has 0 atom stereocenters. The highest BCUT2D eigenvalue weighted by Crippen LogP contribution is 2.21. The van der Waals surface area contributed by atoms with Crippen LogP contribution < -0.4 is 5.32 Å². The highest BCUT2D eigenvalue weighted by molar-refractivity contribution is 6.02. The number of urea groups is 1. The van der Waals surface area contributed by atoms with Crippen molar-refractivity contribution in [1.29, 1.82) is 0 Å². The van der Waals surface area contributed by atoms with Crippen LogP contribution in [0.15, 0.2) is 5.10 Å². The molecule has 2 rings (SSSR count). The molecule has 1 aromatic rings. The molecule has 0 aliphatic carbocycles. The van der Waals surface area contributed by atoms with E-state index in [1.165, 1.54) is 0 Å². The van der Waals surface area contributed by atoms with Crippen LogP contribution in [0.25, 0.3) is 0 Å². The van der Waals surface area contributed by atoms with Gasteiger partial charge in [-0.25, -0.2) is 31.8 Å². The van der Waals surface area contributed by atoms with Crippen LogP contribution in [0.3, 0.4) is 0 Å². The molecule has 0 aromatic heterocycles. The van der Waals surface area contributed by atoms with E-state index >= 15 is 0 Å². The Labute approximate surface area is 107 Å². The molecule has 5 nitrogen and oxygen atoms in total. The lowest BCUT2D eigenvalue weighted by Crippen LogP contribution is -2.24. The lowest BCUT2D eigenvalue weighted by Gasteiger charge is -2.06. The molecule has 0 radical (unpaired) electrons. The van der Waals surface area contributed by atoms with E-state index in [1.807, 2.05) is 0 Å². The van der Waals surface area contributed by atoms with Gasteiger partial charge in [-0.2, -0.15) is 5.10 Å². The Hall–Kier alpha value is -2.52. The molecule has 1 heterocycles. The topological polar surface area (TPSA) is 61.8 Å². The number of amides is 3. The SMILES string of the molecule is O=C1CN(N=Cc2c(F)c(F)c(F)c(F)c2F)C(=O)N1. The molecule has 3 amide bonds.